The maximum atomic E-state index is 12.9. The number of unbranched alkanes of at least 4 members (excludes halogenated alkanes) is 63. The number of phosphoric acid groups is 1. The first-order valence-corrected chi connectivity index (χ1v) is 46.4. The monoisotopic (exact) mass is 1440 g/mol. The Labute approximate surface area is 630 Å². The molecule has 0 aromatic heterocycles. The summed E-state index contributed by atoms with van der Waals surface area (Å²) < 4.78 is 34.9. The highest BCUT2D eigenvalue weighted by atomic mass is 31.2. The Morgan fingerprint density at radius 3 is 0.842 bits per heavy atom. The summed E-state index contributed by atoms with van der Waals surface area (Å²) in [6, 6.07) is 0. The van der Waals surface area contributed by atoms with E-state index in [0.717, 1.165) is 57.8 Å². The lowest BCUT2D eigenvalue weighted by Crippen LogP contribution is -2.37. The molecule has 0 radical (unpaired) electrons. The van der Waals surface area contributed by atoms with Gasteiger partial charge in [-0.2, -0.15) is 0 Å². The van der Waals surface area contributed by atoms with E-state index in [1.54, 1.807) is 0 Å². The van der Waals surface area contributed by atoms with Gasteiger partial charge in [-0.25, -0.2) is 4.57 Å². The number of esters is 2. The molecule has 0 heterocycles. The van der Waals surface area contributed by atoms with E-state index in [1.807, 2.05) is 21.1 Å². The molecule has 0 amide bonds. The zero-order valence-electron chi connectivity index (χ0n) is 68.4. The van der Waals surface area contributed by atoms with Crippen LogP contribution in [0.25, 0.3) is 0 Å². The first kappa shape index (κ1) is 99.0. The van der Waals surface area contributed by atoms with Crippen LogP contribution in [0.5, 0.6) is 0 Å². The highest BCUT2D eigenvalue weighted by Crippen LogP contribution is 2.43. The molecule has 0 aliphatic carbocycles. The number of hydrogen-bond donors (Lipinski definition) is 1. The third kappa shape index (κ3) is 86.8. The van der Waals surface area contributed by atoms with Crippen molar-refractivity contribution in [3.63, 3.8) is 0 Å². The van der Waals surface area contributed by atoms with Crippen LogP contribution in [0.3, 0.4) is 0 Å². The Balaban J connectivity index is 3.83. The summed E-state index contributed by atoms with van der Waals surface area (Å²) in [5.74, 6) is -0.767. The smallest absolute Gasteiger partial charge is 0.462 e. The zero-order valence-corrected chi connectivity index (χ0v) is 69.3. The molecule has 0 rings (SSSR count). The maximum Gasteiger partial charge on any atom is 0.472 e. The molecule has 0 saturated heterocycles. The van der Waals surface area contributed by atoms with E-state index in [1.165, 1.54) is 379 Å². The van der Waals surface area contributed by atoms with Gasteiger partial charge in [0.25, 0.3) is 0 Å². The second kappa shape index (κ2) is 82.0. The van der Waals surface area contributed by atoms with E-state index < -0.39 is 26.5 Å². The zero-order chi connectivity index (χ0) is 73.3. The summed E-state index contributed by atoms with van der Waals surface area (Å²) in [6.45, 7) is 4.42. The fourth-order valence-corrected chi connectivity index (χ4v) is 14.6. The number of phosphoric ester groups is 1. The number of allylic oxidation sites excluding steroid dienone is 8. The third-order valence-electron chi connectivity index (χ3n) is 20.6. The van der Waals surface area contributed by atoms with Crippen molar-refractivity contribution < 1.29 is 42.1 Å². The summed E-state index contributed by atoms with van der Waals surface area (Å²) in [5, 5.41) is 0. The Hall–Kier alpha value is -2.03. The van der Waals surface area contributed by atoms with Gasteiger partial charge < -0.3 is 18.9 Å². The van der Waals surface area contributed by atoms with Crippen LogP contribution in [0.15, 0.2) is 48.6 Å². The van der Waals surface area contributed by atoms with E-state index >= 15 is 0 Å². The van der Waals surface area contributed by atoms with Crippen molar-refractivity contribution >= 4 is 19.8 Å². The summed E-state index contributed by atoms with van der Waals surface area (Å²) in [7, 11) is 1.51. The Morgan fingerprint density at radius 1 is 0.317 bits per heavy atom. The second-order valence-electron chi connectivity index (χ2n) is 32.0. The molecule has 2 atom stereocenters. The highest BCUT2D eigenvalue weighted by molar-refractivity contribution is 7.47. The molecule has 1 N–H and O–H groups in total. The third-order valence-corrected chi connectivity index (χ3v) is 21.6. The average molecular weight is 1440 g/mol. The maximum absolute atomic E-state index is 12.9. The summed E-state index contributed by atoms with van der Waals surface area (Å²) in [6.07, 6.45) is 110. The molecule has 101 heavy (non-hydrogen) atoms. The topological polar surface area (TPSA) is 108 Å². The van der Waals surface area contributed by atoms with Crippen molar-refractivity contribution in [3.8, 4) is 0 Å². The molecule has 596 valence electrons. The summed E-state index contributed by atoms with van der Waals surface area (Å²) in [4.78, 5) is 36.1. The lowest BCUT2D eigenvalue weighted by molar-refractivity contribution is -0.870. The van der Waals surface area contributed by atoms with E-state index in [9.17, 15) is 19.0 Å². The molecule has 0 saturated carbocycles. The van der Waals surface area contributed by atoms with E-state index in [4.69, 9.17) is 18.5 Å². The summed E-state index contributed by atoms with van der Waals surface area (Å²) in [5.41, 5.74) is 0. The number of nitrogens with zero attached hydrogens (tertiary/aromatic N) is 1. The molecule has 10 heteroatoms. The minimum atomic E-state index is -4.39. The lowest BCUT2D eigenvalue weighted by atomic mass is 10.0. The molecular weight excluding hydrogens is 1270 g/mol. The minimum absolute atomic E-state index is 0.0357. The van der Waals surface area contributed by atoms with Gasteiger partial charge in [-0.3, -0.25) is 18.6 Å². The molecule has 9 nitrogen and oxygen atoms in total. The highest BCUT2D eigenvalue weighted by Gasteiger charge is 2.27. The van der Waals surface area contributed by atoms with Crippen LogP contribution >= 0.6 is 7.82 Å². The predicted octanol–water partition coefficient (Wildman–Crippen LogP) is 30.2. The Morgan fingerprint density at radius 2 is 0.564 bits per heavy atom. The number of ether oxygens (including phenoxy) is 2. The average Bonchev–Trinajstić information content (AvgIpc) is 0.973. The normalized spacial score (nSPS) is 13.1. The van der Waals surface area contributed by atoms with Crippen molar-refractivity contribution in [2.45, 2.75) is 476 Å². The van der Waals surface area contributed by atoms with E-state index in [-0.39, 0.29) is 25.6 Å². The number of quaternary nitrogens is 1. The molecule has 0 aliphatic heterocycles. The van der Waals surface area contributed by atoms with Gasteiger partial charge >= 0.3 is 19.8 Å². The van der Waals surface area contributed by atoms with Crippen LogP contribution in [0.2, 0.25) is 0 Å². The van der Waals surface area contributed by atoms with Gasteiger partial charge in [-0.05, 0) is 51.4 Å². The fourth-order valence-electron chi connectivity index (χ4n) is 13.8. The molecular formula is C91H175NO8P+. The van der Waals surface area contributed by atoms with Crippen molar-refractivity contribution in [2.24, 2.45) is 0 Å². The van der Waals surface area contributed by atoms with Crippen LogP contribution in [0.1, 0.15) is 470 Å². The minimum Gasteiger partial charge on any atom is -0.462 e. The predicted molar refractivity (Wildman–Crippen MR) is 441 cm³/mol. The van der Waals surface area contributed by atoms with Crippen LogP contribution < -0.4 is 0 Å². The van der Waals surface area contributed by atoms with Crippen LogP contribution in [0, 0.1) is 0 Å². The van der Waals surface area contributed by atoms with Gasteiger partial charge in [-0.15, -0.1) is 0 Å². The van der Waals surface area contributed by atoms with E-state index in [2.05, 4.69) is 62.5 Å². The summed E-state index contributed by atoms with van der Waals surface area (Å²) >= 11 is 0. The Bertz CT molecular complexity index is 1840. The van der Waals surface area contributed by atoms with Crippen LogP contribution in [-0.4, -0.2) is 74.9 Å². The van der Waals surface area contributed by atoms with Crippen molar-refractivity contribution in [1.29, 1.82) is 0 Å². The molecule has 2 unspecified atom stereocenters. The van der Waals surface area contributed by atoms with Gasteiger partial charge in [0.15, 0.2) is 6.10 Å². The van der Waals surface area contributed by atoms with E-state index in [0.29, 0.717) is 23.9 Å². The number of carbonyl (C=O) groups excluding carboxylic acids is 2. The molecule has 0 fully saturated rings. The molecule has 0 aromatic carbocycles. The van der Waals surface area contributed by atoms with Gasteiger partial charge in [0, 0.05) is 12.8 Å². The molecule has 0 aromatic rings. The Kier molecular flexibility index (Phi) is 80.4. The van der Waals surface area contributed by atoms with Crippen molar-refractivity contribution in [1.82, 2.24) is 0 Å². The molecule has 0 aliphatic rings. The number of rotatable bonds is 85. The van der Waals surface area contributed by atoms with Crippen molar-refractivity contribution in [3.05, 3.63) is 48.6 Å². The van der Waals surface area contributed by atoms with Gasteiger partial charge in [-0.1, -0.05) is 454 Å². The first-order valence-electron chi connectivity index (χ1n) is 44.9. The van der Waals surface area contributed by atoms with Crippen molar-refractivity contribution in [2.75, 3.05) is 47.5 Å². The van der Waals surface area contributed by atoms with Crippen LogP contribution in [-0.2, 0) is 32.7 Å². The van der Waals surface area contributed by atoms with Gasteiger partial charge in [0.1, 0.15) is 19.8 Å². The second-order valence-corrected chi connectivity index (χ2v) is 33.4. The standard InChI is InChI=1S/C91H174NO8P/c1-6-8-10-12-14-16-18-20-22-24-26-28-30-32-34-36-38-40-42-44-46-48-50-52-54-56-58-60-62-64-66-68-70-72-74-76-78-80-82-84-91(94)100-89(88-99-101(95,96)98-86-85-92(3,4)5)87-97-90(93)83-81-79-77-75-73-71-69-67-65-63-61-59-57-55-53-51-49-47-45-43-41-39-37-35-33-31-29-27-25-23-21-19-17-15-13-11-9-7-2/h8,10,14,16,20,22,26,28,89H,6-7,9,11-13,15,17-19,21,23-25,27,29-88H2,1-5H3/p+1/b10-8-,16-14-,22-20-,28-26-. The molecule has 0 spiro atoms. The van der Waals surface area contributed by atoms with Crippen LogP contribution in [0.4, 0.5) is 0 Å². The largest absolute Gasteiger partial charge is 0.472 e. The quantitative estimate of drug-likeness (QED) is 0.0211. The number of carbonyl (C=O) groups is 2. The van der Waals surface area contributed by atoms with Gasteiger partial charge in [0.2, 0.25) is 0 Å². The molecule has 0 bridgehead atoms. The van der Waals surface area contributed by atoms with Gasteiger partial charge in [0.05, 0.1) is 27.7 Å². The fraction of sp³-hybridized carbons (Fsp3) is 0.890. The first-order chi connectivity index (χ1) is 49.5. The SMILES string of the molecule is CC/C=C\C/C=C\C/C=C\C/C=C\CCCCCCCCCCCCCCCCCCCCCCCCCCCCC(=O)OC(COC(=O)CCCCCCCCCCCCCCCCCCCCCCCCCCCCCCCCCCCCCCCC)COP(=O)(O)OCC[N+](C)(C)C. The number of likely N-dealkylation sites (N-methyl/N-ethyl adjacent to an activating group) is 1. The number of hydrogen-bond acceptors (Lipinski definition) is 7. The lowest BCUT2D eigenvalue weighted by Gasteiger charge is -2.24.